The largest absolute Gasteiger partial charge is 0.494 e. The Morgan fingerprint density at radius 2 is 2.10 bits per heavy atom. The first kappa shape index (κ1) is 16.4. The van der Waals surface area contributed by atoms with Crippen molar-refractivity contribution in [2.45, 2.75) is 27.2 Å². The number of halogens is 1. The van der Waals surface area contributed by atoms with Crippen molar-refractivity contribution in [2.24, 2.45) is 17.1 Å². The van der Waals surface area contributed by atoms with Gasteiger partial charge < -0.3 is 15.8 Å². The Labute approximate surface area is 119 Å². The van der Waals surface area contributed by atoms with Gasteiger partial charge in [0.15, 0.2) is 11.6 Å². The Kier molecular flexibility index (Phi) is 5.51. The van der Waals surface area contributed by atoms with Crippen LogP contribution in [0.3, 0.4) is 0 Å². The number of carbonyl (C=O) groups excluding carboxylic acids is 1. The Hall–Kier alpha value is -1.62. The van der Waals surface area contributed by atoms with Crippen molar-refractivity contribution >= 4 is 11.6 Å². The minimum Gasteiger partial charge on any atom is -0.494 e. The molecule has 1 rings (SSSR count). The van der Waals surface area contributed by atoms with Gasteiger partial charge in [-0.05, 0) is 24.0 Å². The van der Waals surface area contributed by atoms with Gasteiger partial charge in [0.1, 0.15) is 0 Å². The molecule has 1 unspecified atom stereocenters. The first-order valence-corrected chi connectivity index (χ1v) is 6.61. The highest BCUT2D eigenvalue weighted by Gasteiger charge is 2.24. The van der Waals surface area contributed by atoms with Crippen LogP contribution in [0.5, 0.6) is 5.75 Å². The fourth-order valence-electron chi connectivity index (χ4n) is 2.00. The maximum atomic E-state index is 13.3. The van der Waals surface area contributed by atoms with E-state index in [1.165, 1.54) is 25.3 Å². The van der Waals surface area contributed by atoms with E-state index in [1.54, 1.807) is 0 Å². The highest BCUT2D eigenvalue weighted by Crippen LogP contribution is 2.26. The Morgan fingerprint density at radius 3 is 2.60 bits per heavy atom. The van der Waals surface area contributed by atoms with Crippen molar-refractivity contribution in [1.29, 1.82) is 0 Å². The molecule has 1 amide bonds. The molecule has 0 aliphatic rings. The number of rotatable bonds is 5. The minimum absolute atomic E-state index is 0.0157. The predicted molar refractivity (Wildman–Crippen MR) is 78.2 cm³/mol. The summed E-state index contributed by atoms with van der Waals surface area (Å²) in [5, 5.41) is 2.75. The topological polar surface area (TPSA) is 64.3 Å². The molecule has 0 saturated carbocycles. The molecule has 0 aliphatic heterocycles. The number of amides is 1. The molecular formula is C15H23FN2O2. The molecule has 5 heteroatoms. The van der Waals surface area contributed by atoms with Gasteiger partial charge in [-0.15, -0.1) is 0 Å². The fraction of sp³-hybridized carbons (Fsp3) is 0.533. The predicted octanol–water partition coefficient (Wildman–Crippen LogP) is 2.78. The van der Waals surface area contributed by atoms with Gasteiger partial charge in [0.05, 0.1) is 13.0 Å². The summed E-state index contributed by atoms with van der Waals surface area (Å²) in [4.78, 5) is 12.2. The van der Waals surface area contributed by atoms with Crippen molar-refractivity contribution in [3.05, 3.63) is 24.0 Å². The number of ether oxygens (including phenoxy) is 1. The maximum Gasteiger partial charge on any atom is 0.228 e. The van der Waals surface area contributed by atoms with Crippen LogP contribution in [0, 0.1) is 17.2 Å². The molecule has 4 nitrogen and oxygen atoms in total. The molecule has 0 saturated heterocycles. The zero-order chi connectivity index (χ0) is 15.3. The number of hydrogen-bond donors (Lipinski definition) is 2. The maximum absolute atomic E-state index is 13.3. The smallest absolute Gasteiger partial charge is 0.228 e. The lowest BCUT2D eigenvalue weighted by atomic mass is 9.84. The highest BCUT2D eigenvalue weighted by molar-refractivity contribution is 5.92. The zero-order valence-corrected chi connectivity index (χ0v) is 12.5. The van der Waals surface area contributed by atoms with Crippen molar-refractivity contribution in [1.82, 2.24) is 0 Å². The van der Waals surface area contributed by atoms with Crippen molar-refractivity contribution < 1.29 is 13.9 Å². The van der Waals surface area contributed by atoms with Gasteiger partial charge in [-0.1, -0.05) is 20.8 Å². The molecule has 20 heavy (non-hydrogen) atoms. The van der Waals surface area contributed by atoms with Crippen LogP contribution in [0.4, 0.5) is 10.1 Å². The first-order valence-electron chi connectivity index (χ1n) is 6.61. The molecule has 0 aromatic heterocycles. The monoisotopic (exact) mass is 282 g/mol. The molecule has 112 valence electrons. The molecule has 0 bridgehead atoms. The van der Waals surface area contributed by atoms with E-state index in [9.17, 15) is 9.18 Å². The summed E-state index contributed by atoms with van der Waals surface area (Å²) < 4.78 is 18.2. The molecule has 1 aromatic rings. The molecule has 0 fully saturated rings. The van der Waals surface area contributed by atoms with E-state index in [-0.39, 0.29) is 29.5 Å². The number of benzene rings is 1. The van der Waals surface area contributed by atoms with E-state index >= 15 is 0 Å². The van der Waals surface area contributed by atoms with Crippen molar-refractivity contribution in [3.8, 4) is 5.75 Å². The number of hydrogen-bond acceptors (Lipinski definition) is 3. The second kappa shape index (κ2) is 6.70. The van der Waals surface area contributed by atoms with Crippen LogP contribution < -0.4 is 15.8 Å². The molecule has 0 aliphatic carbocycles. The normalized spacial score (nSPS) is 12.9. The quantitative estimate of drug-likeness (QED) is 0.872. The van der Waals surface area contributed by atoms with Gasteiger partial charge in [-0.2, -0.15) is 0 Å². The minimum atomic E-state index is -0.462. The average molecular weight is 282 g/mol. The van der Waals surface area contributed by atoms with Crippen LogP contribution in [-0.4, -0.2) is 19.6 Å². The lowest BCUT2D eigenvalue weighted by molar-refractivity contribution is -0.120. The third-order valence-corrected chi connectivity index (χ3v) is 2.93. The summed E-state index contributed by atoms with van der Waals surface area (Å²) >= 11 is 0. The van der Waals surface area contributed by atoms with Gasteiger partial charge >= 0.3 is 0 Å². The van der Waals surface area contributed by atoms with Gasteiger partial charge in [-0.25, -0.2) is 4.39 Å². The van der Waals surface area contributed by atoms with E-state index in [4.69, 9.17) is 10.5 Å². The molecule has 1 aromatic carbocycles. The third-order valence-electron chi connectivity index (χ3n) is 2.93. The molecular weight excluding hydrogens is 259 g/mol. The lowest BCUT2D eigenvalue weighted by Crippen LogP contribution is -2.32. The molecule has 0 radical (unpaired) electrons. The Morgan fingerprint density at radius 1 is 1.45 bits per heavy atom. The lowest BCUT2D eigenvalue weighted by Gasteiger charge is -2.24. The van der Waals surface area contributed by atoms with E-state index < -0.39 is 5.82 Å². The summed E-state index contributed by atoms with van der Waals surface area (Å²) in [6, 6.07) is 4.22. The summed E-state index contributed by atoms with van der Waals surface area (Å²) in [6.07, 6.45) is 0.688. The van der Waals surface area contributed by atoms with Gasteiger partial charge in [0, 0.05) is 18.3 Å². The number of methoxy groups -OCH3 is 1. The van der Waals surface area contributed by atoms with Crippen LogP contribution in [-0.2, 0) is 4.79 Å². The first-order chi connectivity index (χ1) is 9.26. The zero-order valence-electron chi connectivity index (χ0n) is 12.5. The van der Waals surface area contributed by atoms with E-state index in [0.717, 1.165) is 0 Å². The molecule has 3 N–H and O–H groups in total. The third kappa shape index (κ3) is 4.81. The van der Waals surface area contributed by atoms with Gasteiger partial charge in [-0.3, -0.25) is 4.79 Å². The van der Waals surface area contributed by atoms with Crippen LogP contribution in [0.25, 0.3) is 0 Å². The SMILES string of the molecule is COc1cc(NC(=O)C(CN)CC(C)(C)C)ccc1F. The molecule has 0 spiro atoms. The van der Waals surface area contributed by atoms with E-state index in [0.29, 0.717) is 12.1 Å². The molecule has 0 heterocycles. The fourth-order valence-corrected chi connectivity index (χ4v) is 2.00. The van der Waals surface area contributed by atoms with Crippen molar-refractivity contribution in [2.75, 3.05) is 19.0 Å². The summed E-state index contributed by atoms with van der Waals surface area (Å²) in [6.45, 7) is 6.46. The standard InChI is InChI=1S/C15H23FN2O2/c1-15(2,3)8-10(9-17)14(19)18-11-5-6-12(16)13(7-11)20-4/h5-7,10H,8-9,17H2,1-4H3,(H,18,19). The number of nitrogens with two attached hydrogens (primary N) is 1. The van der Waals surface area contributed by atoms with Crippen LogP contribution in [0.2, 0.25) is 0 Å². The number of carbonyl (C=O) groups is 1. The van der Waals surface area contributed by atoms with E-state index in [2.05, 4.69) is 26.1 Å². The Bertz CT molecular complexity index is 469. The second-order valence-corrected chi connectivity index (χ2v) is 6.04. The number of nitrogens with one attached hydrogen (secondary N) is 1. The van der Waals surface area contributed by atoms with Gasteiger partial charge in [0.2, 0.25) is 5.91 Å². The van der Waals surface area contributed by atoms with E-state index in [1.807, 2.05) is 0 Å². The van der Waals surface area contributed by atoms with Crippen LogP contribution in [0.15, 0.2) is 18.2 Å². The molecule has 1 atom stereocenters. The van der Waals surface area contributed by atoms with Crippen LogP contribution in [0.1, 0.15) is 27.2 Å². The Balaban J connectivity index is 2.78. The summed E-state index contributed by atoms with van der Waals surface area (Å²) in [5.41, 5.74) is 6.19. The average Bonchev–Trinajstić information content (AvgIpc) is 2.37. The summed E-state index contributed by atoms with van der Waals surface area (Å²) in [7, 11) is 1.38. The van der Waals surface area contributed by atoms with Gasteiger partial charge in [0.25, 0.3) is 0 Å². The summed E-state index contributed by atoms with van der Waals surface area (Å²) in [5.74, 6) is -0.791. The highest BCUT2D eigenvalue weighted by atomic mass is 19.1. The second-order valence-electron chi connectivity index (χ2n) is 6.04. The van der Waals surface area contributed by atoms with Crippen molar-refractivity contribution in [3.63, 3.8) is 0 Å². The van der Waals surface area contributed by atoms with Crippen LogP contribution >= 0.6 is 0 Å². The number of anilines is 1.